The predicted octanol–water partition coefficient (Wildman–Crippen LogP) is 5.44. The molecule has 0 amide bonds. The molecule has 0 aromatic heterocycles. The van der Waals surface area contributed by atoms with Crippen molar-refractivity contribution < 1.29 is 4.74 Å². The van der Waals surface area contributed by atoms with Crippen molar-refractivity contribution in [2.24, 2.45) is 11.8 Å². The van der Waals surface area contributed by atoms with Crippen LogP contribution in [0.1, 0.15) is 78.6 Å². The van der Waals surface area contributed by atoms with E-state index in [2.05, 4.69) is 20.8 Å². The van der Waals surface area contributed by atoms with Gasteiger partial charge >= 0.3 is 0 Å². The molecular weight excluding hydrogens is 208 g/mol. The molecule has 0 aromatic carbocycles. The molecule has 0 aliphatic carbocycles. The molecule has 0 aliphatic rings. The molecule has 0 bridgehead atoms. The minimum absolute atomic E-state index is 0.799. The second-order valence-electron chi connectivity index (χ2n) is 5.50. The van der Waals surface area contributed by atoms with Crippen molar-refractivity contribution in [1.29, 1.82) is 0 Å². The Morgan fingerprint density at radius 3 is 1.82 bits per heavy atom. The lowest BCUT2D eigenvalue weighted by Crippen LogP contribution is -2.14. The first-order valence-corrected chi connectivity index (χ1v) is 7.77. The zero-order valence-corrected chi connectivity index (χ0v) is 12.6. The van der Waals surface area contributed by atoms with Gasteiger partial charge in [0, 0.05) is 13.7 Å². The molecule has 0 radical (unpaired) electrons. The highest BCUT2D eigenvalue weighted by Crippen LogP contribution is 2.26. The molecule has 2 atom stereocenters. The van der Waals surface area contributed by atoms with Gasteiger partial charge in [0.25, 0.3) is 0 Å². The lowest BCUT2D eigenvalue weighted by Gasteiger charge is -2.23. The molecule has 0 heterocycles. The lowest BCUT2D eigenvalue weighted by molar-refractivity contribution is 0.128. The van der Waals surface area contributed by atoms with Gasteiger partial charge in [-0.15, -0.1) is 0 Å². The van der Waals surface area contributed by atoms with Crippen molar-refractivity contribution >= 4 is 0 Å². The van der Waals surface area contributed by atoms with E-state index in [4.69, 9.17) is 4.74 Å². The summed E-state index contributed by atoms with van der Waals surface area (Å²) in [4.78, 5) is 0. The average Bonchev–Trinajstić information content (AvgIpc) is 2.33. The van der Waals surface area contributed by atoms with Crippen LogP contribution in [0.3, 0.4) is 0 Å². The second kappa shape index (κ2) is 12.4. The Balaban J connectivity index is 4.02. The molecule has 0 saturated heterocycles. The summed E-state index contributed by atoms with van der Waals surface area (Å²) in [6.45, 7) is 7.86. The van der Waals surface area contributed by atoms with E-state index in [1.807, 2.05) is 7.11 Å². The maximum atomic E-state index is 5.38. The predicted molar refractivity (Wildman–Crippen MR) is 77.4 cm³/mol. The van der Waals surface area contributed by atoms with Crippen molar-refractivity contribution in [3.05, 3.63) is 0 Å². The molecule has 1 nitrogen and oxygen atoms in total. The van der Waals surface area contributed by atoms with E-state index in [0.29, 0.717) is 0 Å². The zero-order valence-electron chi connectivity index (χ0n) is 12.6. The van der Waals surface area contributed by atoms with Crippen molar-refractivity contribution in [2.75, 3.05) is 13.7 Å². The van der Waals surface area contributed by atoms with Gasteiger partial charge in [-0.1, -0.05) is 65.7 Å². The molecule has 0 aromatic rings. The molecule has 1 heteroatoms. The SMILES string of the molecule is CCCCC(CCC)CC(CCCC)COC. The summed E-state index contributed by atoms with van der Waals surface area (Å²) in [5.74, 6) is 1.74. The minimum atomic E-state index is 0.799. The summed E-state index contributed by atoms with van der Waals surface area (Å²) in [5.41, 5.74) is 0. The number of methoxy groups -OCH3 is 1. The van der Waals surface area contributed by atoms with Crippen molar-refractivity contribution in [3.63, 3.8) is 0 Å². The van der Waals surface area contributed by atoms with Gasteiger partial charge in [0.05, 0.1) is 0 Å². The van der Waals surface area contributed by atoms with Crippen LogP contribution in [-0.4, -0.2) is 13.7 Å². The average molecular weight is 242 g/mol. The summed E-state index contributed by atoms with van der Waals surface area (Å²) < 4.78 is 5.38. The second-order valence-corrected chi connectivity index (χ2v) is 5.50. The smallest absolute Gasteiger partial charge is 0.0490 e. The van der Waals surface area contributed by atoms with E-state index in [9.17, 15) is 0 Å². The fourth-order valence-corrected chi connectivity index (χ4v) is 2.75. The molecule has 0 spiro atoms. The van der Waals surface area contributed by atoms with Crippen LogP contribution in [0.2, 0.25) is 0 Å². The summed E-state index contributed by atoms with van der Waals surface area (Å²) in [5, 5.41) is 0. The monoisotopic (exact) mass is 242 g/mol. The third-order valence-corrected chi connectivity index (χ3v) is 3.70. The Morgan fingerprint density at radius 2 is 1.35 bits per heavy atom. The molecule has 0 aliphatic heterocycles. The Labute approximate surface area is 109 Å². The van der Waals surface area contributed by atoms with Gasteiger partial charge < -0.3 is 4.74 Å². The molecule has 0 N–H and O–H groups in total. The van der Waals surface area contributed by atoms with Crippen LogP contribution in [0.25, 0.3) is 0 Å². The van der Waals surface area contributed by atoms with Crippen molar-refractivity contribution in [3.8, 4) is 0 Å². The molecule has 0 saturated carbocycles. The Morgan fingerprint density at radius 1 is 0.765 bits per heavy atom. The summed E-state index contributed by atoms with van der Waals surface area (Å²) in [6, 6.07) is 0. The van der Waals surface area contributed by atoms with Crippen LogP contribution in [0, 0.1) is 11.8 Å². The highest BCUT2D eigenvalue weighted by atomic mass is 16.5. The fourth-order valence-electron chi connectivity index (χ4n) is 2.75. The Bertz CT molecular complexity index is 128. The van der Waals surface area contributed by atoms with Gasteiger partial charge in [-0.25, -0.2) is 0 Å². The summed E-state index contributed by atoms with van der Waals surface area (Å²) >= 11 is 0. The maximum absolute atomic E-state index is 5.38. The van der Waals surface area contributed by atoms with Gasteiger partial charge in [0.2, 0.25) is 0 Å². The highest BCUT2D eigenvalue weighted by molar-refractivity contribution is 4.67. The van der Waals surface area contributed by atoms with Gasteiger partial charge in [0.15, 0.2) is 0 Å². The number of ether oxygens (including phenoxy) is 1. The fraction of sp³-hybridized carbons (Fsp3) is 1.00. The molecule has 2 unspecified atom stereocenters. The number of hydrogen-bond donors (Lipinski definition) is 0. The third-order valence-electron chi connectivity index (χ3n) is 3.70. The maximum Gasteiger partial charge on any atom is 0.0490 e. The quantitative estimate of drug-likeness (QED) is 0.443. The van der Waals surface area contributed by atoms with Gasteiger partial charge in [0.1, 0.15) is 0 Å². The van der Waals surface area contributed by atoms with E-state index < -0.39 is 0 Å². The van der Waals surface area contributed by atoms with E-state index in [1.54, 1.807) is 0 Å². The first kappa shape index (κ1) is 17.0. The molecule has 0 fully saturated rings. The highest BCUT2D eigenvalue weighted by Gasteiger charge is 2.15. The van der Waals surface area contributed by atoms with Gasteiger partial charge in [-0.2, -0.15) is 0 Å². The van der Waals surface area contributed by atoms with E-state index >= 15 is 0 Å². The standard InChI is InChI=1S/C16H34O/c1-5-8-11-15(10-7-3)13-16(14-17-4)12-9-6-2/h15-16H,5-14H2,1-4H3. The van der Waals surface area contributed by atoms with Crippen LogP contribution in [0.15, 0.2) is 0 Å². The summed E-state index contributed by atoms with van der Waals surface area (Å²) in [6.07, 6.45) is 12.3. The summed E-state index contributed by atoms with van der Waals surface area (Å²) in [7, 11) is 1.85. The topological polar surface area (TPSA) is 9.23 Å². The first-order valence-electron chi connectivity index (χ1n) is 7.77. The number of rotatable bonds is 12. The van der Waals surface area contributed by atoms with Crippen LogP contribution in [-0.2, 0) is 4.74 Å². The molecule has 17 heavy (non-hydrogen) atoms. The van der Waals surface area contributed by atoms with Crippen LogP contribution < -0.4 is 0 Å². The van der Waals surface area contributed by atoms with Crippen molar-refractivity contribution in [2.45, 2.75) is 78.6 Å². The lowest BCUT2D eigenvalue weighted by atomic mass is 9.85. The molecule has 104 valence electrons. The van der Waals surface area contributed by atoms with Gasteiger partial charge in [-0.05, 0) is 24.7 Å². The van der Waals surface area contributed by atoms with E-state index in [0.717, 1.165) is 18.4 Å². The molecular formula is C16H34O. The number of unbranched alkanes of at least 4 members (excludes halogenated alkanes) is 2. The number of hydrogen-bond acceptors (Lipinski definition) is 1. The third kappa shape index (κ3) is 9.64. The Kier molecular flexibility index (Phi) is 12.4. The molecule has 0 rings (SSSR count). The van der Waals surface area contributed by atoms with Crippen LogP contribution in [0.4, 0.5) is 0 Å². The Hall–Kier alpha value is -0.0400. The normalized spacial score (nSPS) is 14.8. The van der Waals surface area contributed by atoms with Crippen LogP contribution >= 0.6 is 0 Å². The largest absolute Gasteiger partial charge is 0.384 e. The first-order chi connectivity index (χ1) is 8.28. The van der Waals surface area contributed by atoms with Gasteiger partial charge in [-0.3, -0.25) is 0 Å². The van der Waals surface area contributed by atoms with Crippen molar-refractivity contribution in [1.82, 2.24) is 0 Å². The van der Waals surface area contributed by atoms with Crippen LogP contribution in [0.5, 0.6) is 0 Å². The van der Waals surface area contributed by atoms with E-state index in [-0.39, 0.29) is 0 Å². The van der Waals surface area contributed by atoms with E-state index in [1.165, 1.54) is 57.8 Å². The zero-order chi connectivity index (χ0) is 12.9. The minimum Gasteiger partial charge on any atom is -0.384 e.